The molecule has 0 heterocycles. The fourth-order valence-electron chi connectivity index (χ4n) is 6.05. The maximum absolute atomic E-state index is 12.2. The monoisotopic (exact) mass is 753 g/mol. The fraction of sp³-hybridized carbons (Fsp3) is 0.714. The van der Waals surface area contributed by atoms with E-state index in [1.54, 1.807) is 0 Å². The highest BCUT2D eigenvalue weighted by molar-refractivity contribution is 5.70. The van der Waals surface area contributed by atoms with Crippen LogP contribution in [0.1, 0.15) is 206 Å². The molecule has 0 amide bonds. The molecule has 0 saturated heterocycles. The Balaban J connectivity index is 3.65. The molecule has 0 fully saturated rings. The third-order valence-corrected chi connectivity index (χ3v) is 9.47. The molecule has 0 aliphatic heterocycles. The van der Waals surface area contributed by atoms with Gasteiger partial charge in [-0.1, -0.05) is 183 Å². The van der Waals surface area contributed by atoms with Gasteiger partial charge >= 0.3 is 11.9 Å². The van der Waals surface area contributed by atoms with Crippen molar-refractivity contribution in [2.24, 2.45) is 0 Å². The van der Waals surface area contributed by atoms with Crippen LogP contribution in [0.15, 0.2) is 72.9 Å². The number of hydrogen-bond donors (Lipinski definition) is 1. The average molecular weight is 753 g/mol. The van der Waals surface area contributed by atoms with Crippen LogP contribution in [-0.2, 0) is 19.1 Å². The molecule has 54 heavy (non-hydrogen) atoms. The molecule has 0 saturated carbocycles. The lowest BCUT2D eigenvalue weighted by Gasteiger charge is -2.15. The van der Waals surface area contributed by atoms with Gasteiger partial charge in [0.25, 0.3) is 0 Å². The molecular weight excluding hydrogens is 669 g/mol. The molecule has 310 valence electrons. The first-order chi connectivity index (χ1) is 26.6. The number of aliphatic hydroxyl groups excluding tert-OH is 1. The first kappa shape index (κ1) is 51.3. The van der Waals surface area contributed by atoms with Gasteiger partial charge in [-0.2, -0.15) is 0 Å². The summed E-state index contributed by atoms with van der Waals surface area (Å²) in [5.74, 6) is -0.663. The predicted molar refractivity (Wildman–Crippen MR) is 233 cm³/mol. The third kappa shape index (κ3) is 42.1. The topological polar surface area (TPSA) is 72.8 Å². The van der Waals surface area contributed by atoms with E-state index in [2.05, 4.69) is 86.8 Å². The molecule has 0 aromatic carbocycles. The quantitative estimate of drug-likeness (QED) is 0.0383. The lowest BCUT2D eigenvalue weighted by Crippen LogP contribution is -2.28. The minimum absolute atomic E-state index is 0.0987. The van der Waals surface area contributed by atoms with E-state index in [-0.39, 0.29) is 25.2 Å². The van der Waals surface area contributed by atoms with Crippen LogP contribution in [0.5, 0.6) is 0 Å². The van der Waals surface area contributed by atoms with Gasteiger partial charge in [0.2, 0.25) is 0 Å². The summed E-state index contributed by atoms with van der Waals surface area (Å²) in [7, 11) is 0. The van der Waals surface area contributed by atoms with E-state index in [1.165, 1.54) is 122 Å². The Kier molecular flexibility index (Phi) is 42.5. The number of carbonyl (C=O) groups excluding carboxylic acids is 2. The van der Waals surface area contributed by atoms with Crippen molar-refractivity contribution in [3.05, 3.63) is 72.9 Å². The normalized spacial score (nSPS) is 12.9. The van der Waals surface area contributed by atoms with E-state index in [1.807, 2.05) is 0 Å². The van der Waals surface area contributed by atoms with Gasteiger partial charge in [0.15, 0.2) is 6.10 Å². The predicted octanol–water partition coefficient (Wildman–Crippen LogP) is 14.5. The van der Waals surface area contributed by atoms with Gasteiger partial charge in [-0.05, 0) is 83.5 Å². The van der Waals surface area contributed by atoms with E-state index in [4.69, 9.17) is 9.47 Å². The zero-order valence-electron chi connectivity index (χ0n) is 35.2. The molecule has 0 bridgehead atoms. The first-order valence-corrected chi connectivity index (χ1v) is 22.5. The van der Waals surface area contributed by atoms with E-state index in [9.17, 15) is 14.7 Å². The van der Waals surface area contributed by atoms with Crippen molar-refractivity contribution in [1.82, 2.24) is 0 Å². The standard InChI is InChI=1S/C49H84O5/c1-3-5-7-9-11-13-15-17-19-21-23-24-26-27-29-31-33-35-37-39-41-43-48(51)53-46-47(45-50)54-49(52)44-42-40-38-36-34-32-30-28-25-22-20-18-16-14-12-10-8-6-4-2/h12,14,18-21,24,26,29,31,35,37,47,50H,3-11,13,15-17,22-23,25,27-28,30,32-34,36,38-46H2,1-2H3/b14-12+,20-18+,21-19+,26-24+,31-29+,37-35+/t47-/m0/s1. The second kappa shape index (κ2) is 44.7. The van der Waals surface area contributed by atoms with Gasteiger partial charge in [-0.25, -0.2) is 0 Å². The Morgan fingerprint density at radius 1 is 0.426 bits per heavy atom. The highest BCUT2D eigenvalue weighted by atomic mass is 16.6. The SMILES string of the molecule is CCCCC/C=C/C/C=C/CCCCCCCCCCCC(=O)O[C@@H](CO)COC(=O)CCC/C=C/C/C=C/C/C=C/C/C=C/CCCCCCCCC. The molecule has 0 aliphatic carbocycles. The van der Waals surface area contributed by atoms with Crippen molar-refractivity contribution in [2.45, 2.75) is 213 Å². The summed E-state index contributed by atoms with van der Waals surface area (Å²) in [5, 5.41) is 9.58. The molecule has 5 heteroatoms. The molecule has 0 spiro atoms. The Morgan fingerprint density at radius 2 is 0.759 bits per heavy atom. The number of aliphatic hydroxyl groups is 1. The van der Waals surface area contributed by atoms with Crippen LogP contribution >= 0.6 is 0 Å². The highest BCUT2D eigenvalue weighted by Gasteiger charge is 2.16. The molecule has 0 radical (unpaired) electrons. The van der Waals surface area contributed by atoms with Gasteiger partial charge in [-0.3, -0.25) is 9.59 Å². The van der Waals surface area contributed by atoms with E-state index in [0.717, 1.165) is 51.4 Å². The van der Waals surface area contributed by atoms with Crippen LogP contribution in [0.25, 0.3) is 0 Å². The minimum atomic E-state index is -0.799. The Morgan fingerprint density at radius 3 is 1.20 bits per heavy atom. The summed E-state index contributed by atoms with van der Waals surface area (Å²) in [4.78, 5) is 24.3. The summed E-state index contributed by atoms with van der Waals surface area (Å²) in [6.07, 6.45) is 59.8. The summed E-state index contributed by atoms with van der Waals surface area (Å²) in [5.41, 5.74) is 0. The third-order valence-electron chi connectivity index (χ3n) is 9.47. The largest absolute Gasteiger partial charge is 0.462 e. The van der Waals surface area contributed by atoms with Crippen molar-refractivity contribution in [1.29, 1.82) is 0 Å². The van der Waals surface area contributed by atoms with E-state index < -0.39 is 6.10 Å². The number of hydrogen-bond acceptors (Lipinski definition) is 5. The smallest absolute Gasteiger partial charge is 0.306 e. The maximum Gasteiger partial charge on any atom is 0.306 e. The molecule has 1 atom stereocenters. The molecule has 0 aromatic rings. The maximum atomic E-state index is 12.2. The molecular formula is C49H84O5. The van der Waals surface area contributed by atoms with Gasteiger partial charge in [0.1, 0.15) is 6.61 Å². The summed E-state index contributed by atoms with van der Waals surface area (Å²) >= 11 is 0. The summed E-state index contributed by atoms with van der Waals surface area (Å²) in [6.45, 7) is 4.06. The molecule has 0 aromatic heterocycles. The number of allylic oxidation sites excluding steroid dienone is 12. The minimum Gasteiger partial charge on any atom is -0.462 e. The van der Waals surface area contributed by atoms with Gasteiger partial charge in [0.05, 0.1) is 6.61 Å². The highest BCUT2D eigenvalue weighted by Crippen LogP contribution is 2.13. The fourth-order valence-corrected chi connectivity index (χ4v) is 6.05. The van der Waals surface area contributed by atoms with Crippen molar-refractivity contribution >= 4 is 11.9 Å². The van der Waals surface area contributed by atoms with Crippen molar-refractivity contribution in [3.63, 3.8) is 0 Å². The molecule has 1 N–H and O–H groups in total. The van der Waals surface area contributed by atoms with Crippen LogP contribution in [0.4, 0.5) is 0 Å². The average Bonchev–Trinajstić information content (AvgIpc) is 3.17. The summed E-state index contributed by atoms with van der Waals surface area (Å²) < 4.78 is 10.6. The Hall–Kier alpha value is -2.66. The molecule has 0 unspecified atom stereocenters. The number of unbranched alkanes of at least 4 members (excludes halogenated alkanes) is 20. The van der Waals surface area contributed by atoms with E-state index in [0.29, 0.717) is 19.3 Å². The lowest BCUT2D eigenvalue weighted by atomic mass is 10.1. The first-order valence-electron chi connectivity index (χ1n) is 22.5. The second-order valence-electron chi connectivity index (χ2n) is 14.8. The van der Waals surface area contributed by atoms with Crippen molar-refractivity contribution < 1.29 is 24.2 Å². The zero-order valence-corrected chi connectivity index (χ0v) is 35.2. The molecule has 0 aliphatic rings. The van der Waals surface area contributed by atoms with Gasteiger partial charge in [0, 0.05) is 12.8 Å². The molecule has 0 rings (SSSR count). The Labute approximate surface area is 333 Å². The second-order valence-corrected chi connectivity index (χ2v) is 14.8. The molecule has 5 nitrogen and oxygen atoms in total. The number of rotatable bonds is 40. The number of esters is 2. The van der Waals surface area contributed by atoms with Crippen molar-refractivity contribution in [2.75, 3.05) is 13.2 Å². The van der Waals surface area contributed by atoms with Crippen LogP contribution in [0, 0.1) is 0 Å². The Bertz CT molecular complexity index is 988. The van der Waals surface area contributed by atoms with Crippen molar-refractivity contribution in [3.8, 4) is 0 Å². The van der Waals surface area contributed by atoms with Gasteiger partial charge in [-0.15, -0.1) is 0 Å². The van der Waals surface area contributed by atoms with Crippen LogP contribution in [0.2, 0.25) is 0 Å². The van der Waals surface area contributed by atoms with Gasteiger partial charge < -0.3 is 14.6 Å². The van der Waals surface area contributed by atoms with Crippen LogP contribution in [0.3, 0.4) is 0 Å². The number of carbonyl (C=O) groups is 2. The number of ether oxygens (including phenoxy) is 2. The van der Waals surface area contributed by atoms with Crippen LogP contribution in [-0.4, -0.2) is 36.4 Å². The van der Waals surface area contributed by atoms with Crippen LogP contribution < -0.4 is 0 Å². The van der Waals surface area contributed by atoms with E-state index >= 15 is 0 Å². The summed E-state index contributed by atoms with van der Waals surface area (Å²) in [6, 6.07) is 0. The lowest BCUT2D eigenvalue weighted by molar-refractivity contribution is -0.161. The zero-order chi connectivity index (χ0) is 39.3.